The van der Waals surface area contributed by atoms with Crippen LogP contribution in [0.3, 0.4) is 0 Å². The number of hydrogen-bond donors (Lipinski definition) is 0. The van der Waals surface area contributed by atoms with Gasteiger partial charge in [0, 0.05) is 25.7 Å². The molecule has 1 aromatic carbocycles. The van der Waals surface area contributed by atoms with Crippen molar-refractivity contribution in [1.82, 2.24) is 4.90 Å². The number of nitrogens with zero attached hydrogens (tertiary/aromatic N) is 2. The number of rotatable bonds is 6. The third-order valence-electron chi connectivity index (χ3n) is 3.11. The normalized spacial score (nSPS) is 10.3. The molecule has 0 N–H and O–H groups in total. The maximum Gasteiger partial charge on any atom is 0.251 e. The fraction of sp³-hybridized carbons (Fsp3) is 0.250. The molecule has 0 radical (unpaired) electrons. The van der Waals surface area contributed by atoms with Crippen molar-refractivity contribution in [2.45, 2.75) is 11.6 Å². The molecule has 2 rings (SSSR count). The van der Waals surface area contributed by atoms with Gasteiger partial charge in [0.15, 0.2) is 6.20 Å². The van der Waals surface area contributed by atoms with E-state index in [0.717, 1.165) is 16.0 Å². The summed E-state index contributed by atoms with van der Waals surface area (Å²) in [6.45, 7) is 0.503. The van der Waals surface area contributed by atoms with Gasteiger partial charge in [-0.1, -0.05) is 12.1 Å². The van der Waals surface area contributed by atoms with Gasteiger partial charge in [0.1, 0.15) is 5.75 Å². The van der Waals surface area contributed by atoms with Crippen molar-refractivity contribution >= 4 is 17.7 Å². The molecule has 2 aromatic rings. The molecule has 0 aliphatic carbocycles. The summed E-state index contributed by atoms with van der Waals surface area (Å²) in [4.78, 5) is 13.8. The number of carbonyl (C=O) groups excluding carboxylic acids is 1. The number of aromatic nitrogens is 1. The molecule has 1 aromatic heterocycles. The van der Waals surface area contributed by atoms with Crippen LogP contribution in [0.2, 0.25) is 0 Å². The molecule has 0 unspecified atom stereocenters. The van der Waals surface area contributed by atoms with Gasteiger partial charge in [-0.15, -0.1) is 0 Å². The second-order valence-corrected chi connectivity index (χ2v) is 5.75. The topological polar surface area (TPSA) is 56.5 Å². The molecule has 0 aliphatic rings. The van der Waals surface area contributed by atoms with Gasteiger partial charge >= 0.3 is 0 Å². The number of amides is 1. The SMILES string of the molecule is COc1cccc(CN(C)C(=O)CSc2cccc[n+]2[O-])c1. The maximum atomic E-state index is 12.1. The standard InChI is InChI=1S/C16H18N2O3S/c1-17(11-13-6-5-7-14(10-13)21-2)15(19)12-22-16-8-3-4-9-18(16)20/h3-10H,11-12H2,1-2H3. The first kappa shape index (κ1) is 16.2. The Bertz CT molecular complexity index is 649. The second-order valence-electron chi connectivity index (χ2n) is 4.75. The third kappa shape index (κ3) is 4.39. The number of carbonyl (C=O) groups is 1. The number of pyridine rings is 1. The second kappa shape index (κ2) is 7.70. The van der Waals surface area contributed by atoms with E-state index < -0.39 is 0 Å². The van der Waals surface area contributed by atoms with E-state index in [4.69, 9.17) is 4.74 Å². The van der Waals surface area contributed by atoms with Crippen LogP contribution in [0, 0.1) is 5.21 Å². The average Bonchev–Trinajstić information content (AvgIpc) is 2.54. The predicted octanol–water partition coefficient (Wildman–Crippen LogP) is 2.08. The molecule has 0 fully saturated rings. The number of thioether (sulfide) groups is 1. The summed E-state index contributed by atoms with van der Waals surface area (Å²) >= 11 is 1.24. The van der Waals surface area contributed by atoms with Gasteiger partial charge in [0.2, 0.25) is 5.91 Å². The van der Waals surface area contributed by atoms with Gasteiger partial charge in [-0.2, -0.15) is 4.73 Å². The van der Waals surface area contributed by atoms with Crippen molar-refractivity contribution in [3.63, 3.8) is 0 Å². The van der Waals surface area contributed by atoms with E-state index in [0.29, 0.717) is 11.6 Å². The molecule has 1 amide bonds. The molecule has 0 saturated carbocycles. The first-order chi connectivity index (χ1) is 10.6. The maximum absolute atomic E-state index is 12.1. The zero-order chi connectivity index (χ0) is 15.9. The molecule has 0 atom stereocenters. The van der Waals surface area contributed by atoms with Crippen LogP contribution in [0.1, 0.15) is 5.56 Å². The Morgan fingerprint density at radius 3 is 2.86 bits per heavy atom. The minimum atomic E-state index is -0.0309. The Labute approximate surface area is 134 Å². The van der Waals surface area contributed by atoms with Gasteiger partial charge in [-0.05, 0) is 35.5 Å². The van der Waals surface area contributed by atoms with Crippen LogP contribution in [0.5, 0.6) is 5.75 Å². The summed E-state index contributed by atoms with van der Waals surface area (Å²) in [5.74, 6) is 0.966. The summed E-state index contributed by atoms with van der Waals surface area (Å²) in [5.41, 5.74) is 0.999. The van der Waals surface area contributed by atoms with Crippen molar-refractivity contribution in [3.8, 4) is 5.75 Å². The van der Waals surface area contributed by atoms with Crippen molar-refractivity contribution in [2.24, 2.45) is 0 Å². The lowest BCUT2D eigenvalue weighted by Crippen LogP contribution is -2.31. The highest BCUT2D eigenvalue weighted by Crippen LogP contribution is 2.16. The molecule has 22 heavy (non-hydrogen) atoms. The number of ether oxygens (including phenoxy) is 1. The van der Waals surface area contributed by atoms with Crippen LogP contribution in [0.25, 0.3) is 0 Å². The lowest BCUT2D eigenvalue weighted by atomic mass is 10.2. The summed E-state index contributed by atoms with van der Waals surface area (Å²) < 4.78 is 5.93. The van der Waals surface area contributed by atoms with Gasteiger partial charge in [-0.3, -0.25) is 4.79 Å². The Balaban J connectivity index is 1.90. The van der Waals surface area contributed by atoms with Crippen LogP contribution in [0.4, 0.5) is 0 Å². The van der Waals surface area contributed by atoms with Crippen molar-refractivity contribution in [1.29, 1.82) is 0 Å². The lowest BCUT2D eigenvalue weighted by Gasteiger charge is -2.17. The highest BCUT2D eigenvalue weighted by Gasteiger charge is 2.13. The minimum absolute atomic E-state index is 0.0309. The van der Waals surface area contributed by atoms with Crippen molar-refractivity contribution in [3.05, 3.63) is 59.4 Å². The van der Waals surface area contributed by atoms with E-state index in [1.54, 1.807) is 37.3 Å². The van der Waals surface area contributed by atoms with Gasteiger partial charge < -0.3 is 14.8 Å². The van der Waals surface area contributed by atoms with Gasteiger partial charge in [0.25, 0.3) is 5.03 Å². The quantitative estimate of drug-likeness (QED) is 0.465. The highest BCUT2D eigenvalue weighted by atomic mass is 32.2. The number of benzene rings is 1. The van der Waals surface area contributed by atoms with Crippen LogP contribution in [0.15, 0.2) is 53.7 Å². The summed E-state index contributed by atoms with van der Waals surface area (Å²) in [6, 6.07) is 12.7. The Morgan fingerprint density at radius 1 is 1.32 bits per heavy atom. The average molecular weight is 318 g/mol. The first-order valence-electron chi connectivity index (χ1n) is 6.78. The van der Waals surface area contributed by atoms with E-state index >= 15 is 0 Å². The van der Waals surface area contributed by atoms with E-state index in [1.165, 1.54) is 18.0 Å². The highest BCUT2D eigenvalue weighted by molar-refractivity contribution is 7.99. The van der Waals surface area contributed by atoms with Crippen LogP contribution >= 0.6 is 11.8 Å². The molecule has 1 heterocycles. The molecule has 0 saturated heterocycles. The van der Waals surface area contributed by atoms with E-state index in [-0.39, 0.29) is 11.7 Å². The molecule has 5 nitrogen and oxygen atoms in total. The minimum Gasteiger partial charge on any atom is -0.618 e. The predicted molar refractivity (Wildman–Crippen MR) is 85.6 cm³/mol. The summed E-state index contributed by atoms with van der Waals surface area (Å²) in [5, 5.41) is 12.0. The van der Waals surface area contributed by atoms with E-state index in [2.05, 4.69) is 0 Å². The Morgan fingerprint density at radius 2 is 2.14 bits per heavy atom. The van der Waals surface area contributed by atoms with Crippen LogP contribution in [-0.2, 0) is 11.3 Å². The fourth-order valence-corrected chi connectivity index (χ4v) is 2.76. The number of hydrogen-bond acceptors (Lipinski definition) is 4. The van der Waals surface area contributed by atoms with Crippen LogP contribution < -0.4 is 9.47 Å². The molecule has 0 aliphatic heterocycles. The van der Waals surface area contributed by atoms with Crippen LogP contribution in [-0.4, -0.2) is 30.7 Å². The van der Waals surface area contributed by atoms with E-state index in [9.17, 15) is 10.0 Å². The molecule has 116 valence electrons. The van der Waals surface area contributed by atoms with Gasteiger partial charge in [0.05, 0.1) is 12.9 Å². The molecule has 6 heteroatoms. The fourth-order valence-electron chi connectivity index (χ4n) is 1.90. The Hall–Kier alpha value is -2.21. The molecule has 0 bridgehead atoms. The molecular formula is C16H18N2O3S. The summed E-state index contributed by atoms with van der Waals surface area (Å²) in [6.07, 6.45) is 1.42. The zero-order valence-electron chi connectivity index (χ0n) is 12.6. The smallest absolute Gasteiger partial charge is 0.251 e. The Kier molecular flexibility index (Phi) is 5.66. The summed E-state index contributed by atoms with van der Waals surface area (Å²) in [7, 11) is 3.36. The lowest BCUT2D eigenvalue weighted by molar-refractivity contribution is -0.645. The van der Waals surface area contributed by atoms with Crippen molar-refractivity contribution < 1.29 is 14.3 Å². The van der Waals surface area contributed by atoms with Crippen molar-refractivity contribution in [2.75, 3.05) is 19.9 Å². The van der Waals surface area contributed by atoms with E-state index in [1.807, 2.05) is 24.3 Å². The van der Waals surface area contributed by atoms with Gasteiger partial charge in [-0.25, -0.2) is 0 Å². The molecular weight excluding hydrogens is 300 g/mol. The zero-order valence-corrected chi connectivity index (χ0v) is 13.4. The molecule has 0 spiro atoms. The number of methoxy groups -OCH3 is 1. The first-order valence-corrected chi connectivity index (χ1v) is 7.76. The third-order valence-corrected chi connectivity index (χ3v) is 4.11. The largest absolute Gasteiger partial charge is 0.618 e. The monoisotopic (exact) mass is 318 g/mol.